The molecule has 0 saturated carbocycles. The molecule has 1 N–H and O–H groups in total. The molecule has 1 aromatic heterocycles. The van der Waals surface area contributed by atoms with E-state index in [2.05, 4.69) is 5.10 Å². The van der Waals surface area contributed by atoms with Gasteiger partial charge in [0.2, 0.25) is 0 Å². The number of carbonyl (C=O) groups is 1. The Hall–Kier alpha value is -2.10. The monoisotopic (exact) mass is 216 g/mol. The van der Waals surface area contributed by atoms with E-state index in [0.717, 1.165) is 11.3 Å². The molecule has 1 heterocycles. The van der Waals surface area contributed by atoms with Crippen LogP contribution < -0.4 is 0 Å². The second kappa shape index (κ2) is 3.81. The van der Waals surface area contributed by atoms with E-state index in [1.807, 2.05) is 32.0 Å². The van der Waals surface area contributed by atoms with Crippen molar-refractivity contribution in [2.45, 2.75) is 13.8 Å². The predicted molar refractivity (Wildman–Crippen MR) is 60.0 cm³/mol. The summed E-state index contributed by atoms with van der Waals surface area (Å²) in [7, 11) is 0. The van der Waals surface area contributed by atoms with Gasteiger partial charge in [0.05, 0.1) is 5.69 Å². The van der Waals surface area contributed by atoms with Crippen LogP contribution in [0.3, 0.4) is 0 Å². The number of aromatic carboxylic acids is 1. The van der Waals surface area contributed by atoms with Gasteiger partial charge < -0.3 is 5.11 Å². The number of rotatable bonds is 2. The Morgan fingerprint density at radius 2 is 2.06 bits per heavy atom. The number of aryl methyl sites for hydroxylation is 2. The molecule has 0 fully saturated rings. The molecule has 16 heavy (non-hydrogen) atoms. The van der Waals surface area contributed by atoms with Crippen molar-refractivity contribution in [1.82, 2.24) is 9.78 Å². The third-order valence-electron chi connectivity index (χ3n) is 2.41. The van der Waals surface area contributed by atoms with Crippen molar-refractivity contribution in [2.24, 2.45) is 0 Å². The van der Waals surface area contributed by atoms with Crippen molar-refractivity contribution < 1.29 is 9.90 Å². The quantitative estimate of drug-likeness (QED) is 0.837. The van der Waals surface area contributed by atoms with Gasteiger partial charge >= 0.3 is 5.97 Å². The van der Waals surface area contributed by atoms with Crippen molar-refractivity contribution in [1.29, 1.82) is 0 Å². The topological polar surface area (TPSA) is 55.1 Å². The number of benzene rings is 1. The highest BCUT2D eigenvalue weighted by Crippen LogP contribution is 2.15. The summed E-state index contributed by atoms with van der Waals surface area (Å²) in [5.74, 6) is -1.01. The zero-order valence-corrected chi connectivity index (χ0v) is 9.14. The van der Waals surface area contributed by atoms with E-state index < -0.39 is 5.97 Å². The van der Waals surface area contributed by atoms with Crippen LogP contribution in [0.15, 0.2) is 30.5 Å². The number of aromatic nitrogens is 2. The summed E-state index contributed by atoms with van der Waals surface area (Å²) in [5, 5.41) is 12.8. The maximum Gasteiger partial charge on any atom is 0.356 e. The average Bonchev–Trinajstić information content (AvgIpc) is 2.66. The molecule has 4 nitrogen and oxygen atoms in total. The van der Waals surface area contributed by atoms with E-state index in [-0.39, 0.29) is 5.69 Å². The first kappa shape index (κ1) is 10.4. The summed E-state index contributed by atoms with van der Waals surface area (Å²) in [6.45, 7) is 3.99. The molecular formula is C12H12N2O2. The van der Waals surface area contributed by atoms with Crippen molar-refractivity contribution in [2.75, 3.05) is 0 Å². The highest BCUT2D eigenvalue weighted by molar-refractivity contribution is 5.85. The molecule has 0 aliphatic heterocycles. The molecule has 0 bridgehead atoms. The lowest BCUT2D eigenvalue weighted by atomic mass is 10.1. The smallest absolute Gasteiger partial charge is 0.356 e. The zero-order valence-electron chi connectivity index (χ0n) is 9.14. The zero-order chi connectivity index (χ0) is 11.7. The van der Waals surface area contributed by atoms with Gasteiger partial charge in [-0.15, -0.1) is 0 Å². The first-order valence-corrected chi connectivity index (χ1v) is 4.94. The Bertz CT molecular complexity index is 544. The van der Waals surface area contributed by atoms with Gasteiger partial charge in [-0.1, -0.05) is 17.7 Å². The van der Waals surface area contributed by atoms with Gasteiger partial charge in [-0.05, 0) is 31.5 Å². The van der Waals surface area contributed by atoms with Crippen LogP contribution >= 0.6 is 0 Å². The molecule has 2 rings (SSSR count). The van der Waals surface area contributed by atoms with Crippen molar-refractivity contribution >= 4 is 5.97 Å². The Labute approximate surface area is 93.1 Å². The van der Waals surface area contributed by atoms with Gasteiger partial charge in [-0.2, -0.15) is 5.10 Å². The molecule has 0 aliphatic rings. The van der Waals surface area contributed by atoms with Crippen LogP contribution in [0, 0.1) is 13.8 Å². The molecule has 82 valence electrons. The molecule has 4 heteroatoms. The van der Waals surface area contributed by atoms with Crippen molar-refractivity contribution in [3.63, 3.8) is 0 Å². The summed E-state index contributed by atoms with van der Waals surface area (Å²) < 4.78 is 1.58. The fourth-order valence-electron chi connectivity index (χ4n) is 1.63. The fourth-order valence-corrected chi connectivity index (χ4v) is 1.63. The van der Waals surface area contributed by atoms with Crippen LogP contribution in [-0.2, 0) is 0 Å². The Kier molecular flexibility index (Phi) is 2.48. The van der Waals surface area contributed by atoms with Crippen LogP contribution in [0.25, 0.3) is 5.69 Å². The molecule has 0 saturated heterocycles. The summed E-state index contributed by atoms with van der Waals surface area (Å²) in [6, 6.07) is 7.44. The summed E-state index contributed by atoms with van der Waals surface area (Å²) in [6.07, 6.45) is 1.65. The summed E-state index contributed by atoms with van der Waals surface area (Å²) >= 11 is 0. The summed E-state index contributed by atoms with van der Waals surface area (Å²) in [4.78, 5) is 10.7. The molecule has 0 spiro atoms. The van der Waals surface area contributed by atoms with Gasteiger partial charge in [0.1, 0.15) is 0 Å². The molecule has 1 aromatic carbocycles. The Morgan fingerprint density at radius 3 is 2.62 bits per heavy atom. The van der Waals surface area contributed by atoms with E-state index in [9.17, 15) is 4.79 Å². The van der Waals surface area contributed by atoms with Crippen molar-refractivity contribution in [3.05, 3.63) is 47.3 Å². The maximum atomic E-state index is 10.7. The van der Waals surface area contributed by atoms with Gasteiger partial charge in [-0.3, -0.25) is 0 Å². The molecule has 2 aromatic rings. The van der Waals surface area contributed by atoms with Crippen molar-refractivity contribution in [3.8, 4) is 5.69 Å². The largest absolute Gasteiger partial charge is 0.476 e. The molecule has 0 unspecified atom stereocenters. The Balaban J connectivity index is 2.46. The van der Waals surface area contributed by atoms with E-state index in [4.69, 9.17) is 5.11 Å². The van der Waals surface area contributed by atoms with E-state index in [1.54, 1.807) is 10.9 Å². The second-order valence-corrected chi connectivity index (χ2v) is 3.74. The van der Waals surface area contributed by atoms with Crippen LogP contribution in [-0.4, -0.2) is 20.9 Å². The number of carboxylic acid groups (broad SMARTS) is 1. The van der Waals surface area contributed by atoms with E-state index >= 15 is 0 Å². The number of hydrogen-bond donors (Lipinski definition) is 1. The fraction of sp³-hybridized carbons (Fsp3) is 0.167. The molecule has 0 atom stereocenters. The molecule has 0 amide bonds. The Morgan fingerprint density at radius 1 is 1.31 bits per heavy atom. The lowest BCUT2D eigenvalue weighted by molar-refractivity contribution is 0.0690. The maximum absolute atomic E-state index is 10.7. The third-order valence-corrected chi connectivity index (χ3v) is 2.41. The minimum absolute atomic E-state index is 0.0555. The first-order valence-electron chi connectivity index (χ1n) is 4.94. The number of hydrogen-bond acceptors (Lipinski definition) is 2. The van der Waals surface area contributed by atoms with Gasteiger partial charge in [0, 0.05) is 6.20 Å². The highest BCUT2D eigenvalue weighted by Gasteiger charge is 2.08. The standard InChI is InChI=1S/C12H12N2O2/c1-8-3-4-11(9(2)7-8)14-6-5-10(13-14)12(15)16/h3-7H,1-2H3,(H,15,16). The minimum Gasteiger partial charge on any atom is -0.476 e. The minimum atomic E-state index is -1.01. The number of carboxylic acids is 1. The molecule has 0 aliphatic carbocycles. The average molecular weight is 216 g/mol. The van der Waals surface area contributed by atoms with E-state index in [0.29, 0.717) is 0 Å². The van der Waals surface area contributed by atoms with E-state index in [1.165, 1.54) is 11.6 Å². The van der Waals surface area contributed by atoms with Gasteiger partial charge in [-0.25, -0.2) is 9.48 Å². The van der Waals surface area contributed by atoms with Gasteiger partial charge in [0.25, 0.3) is 0 Å². The van der Waals surface area contributed by atoms with Crippen LogP contribution in [0.1, 0.15) is 21.6 Å². The van der Waals surface area contributed by atoms with Crippen LogP contribution in [0.2, 0.25) is 0 Å². The highest BCUT2D eigenvalue weighted by atomic mass is 16.4. The lowest BCUT2D eigenvalue weighted by Crippen LogP contribution is -2.02. The molecular weight excluding hydrogens is 204 g/mol. The molecule has 0 radical (unpaired) electrons. The first-order chi connectivity index (χ1) is 7.58. The normalized spacial score (nSPS) is 10.4. The third kappa shape index (κ3) is 1.82. The SMILES string of the molecule is Cc1ccc(-n2ccc(C(=O)O)n2)c(C)c1. The lowest BCUT2D eigenvalue weighted by Gasteiger charge is -2.06. The van der Waals surface area contributed by atoms with Crippen LogP contribution in [0.4, 0.5) is 0 Å². The second-order valence-electron chi connectivity index (χ2n) is 3.74. The summed E-state index contributed by atoms with van der Waals surface area (Å²) in [5.41, 5.74) is 3.20. The number of nitrogens with zero attached hydrogens (tertiary/aromatic N) is 2. The van der Waals surface area contributed by atoms with Crippen LogP contribution in [0.5, 0.6) is 0 Å². The van der Waals surface area contributed by atoms with Gasteiger partial charge in [0.15, 0.2) is 5.69 Å². The predicted octanol–water partition coefficient (Wildman–Crippen LogP) is 2.19.